The number of unbranched alkanes of at least 4 members (excludes halogenated alkanes) is 6. The molecule has 19 nitrogen and oxygen atoms in total. The second-order valence-corrected chi connectivity index (χ2v) is 26.2. The number of piperidine rings is 2. The van der Waals surface area contributed by atoms with Crippen molar-refractivity contribution in [3.05, 3.63) is 112 Å². The molecule has 5 fully saturated rings. The van der Waals surface area contributed by atoms with Crippen LogP contribution in [0, 0.1) is 27.6 Å². The van der Waals surface area contributed by atoms with Gasteiger partial charge in [0.1, 0.15) is 35.0 Å². The van der Waals surface area contributed by atoms with E-state index in [0.717, 1.165) is 117 Å². The Morgan fingerprint density at radius 2 is 1.68 bits per heavy atom. The second-order valence-electron chi connectivity index (χ2n) is 25.2. The summed E-state index contributed by atoms with van der Waals surface area (Å²) in [5.41, 5.74) is 18.0. The molecule has 3 aliphatic carbocycles. The highest BCUT2D eigenvalue weighted by Gasteiger charge is 2.61. The van der Waals surface area contributed by atoms with Crippen LogP contribution in [0.25, 0.3) is 10.2 Å². The van der Waals surface area contributed by atoms with Crippen molar-refractivity contribution < 1.29 is 38.9 Å². The number of likely N-dealkylation sites (tertiary alicyclic amines) is 1. The van der Waals surface area contributed by atoms with E-state index in [1.54, 1.807) is 18.2 Å². The maximum atomic E-state index is 13.2. The number of para-hydroxylation sites is 1. The summed E-state index contributed by atoms with van der Waals surface area (Å²) in [4.78, 5) is 69.8. The summed E-state index contributed by atoms with van der Waals surface area (Å²) in [5.74, 6) is -0.764. The summed E-state index contributed by atoms with van der Waals surface area (Å²) in [6.07, 6.45) is 21.3. The third-order valence-electron chi connectivity index (χ3n) is 18.7. The van der Waals surface area contributed by atoms with Crippen LogP contribution in [0.3, 0.4) is 0 Å². The molecule has 4 amide bonds. The second kappa shape index (κ2) is 25.2. The topological polar surface area (TPSA) is 274 Å². The molecule has 10 rings (SSSR count). The smallest absolute Gasteiger partial charge is 0.299 e. The lowest BCUT2D eigenvalue weighted by Crippen LogP contribution is -2.54. The molecule has 7 aliphatic rings. The summed E-state index contributed by atoms with van der Waals surface area (Å²) >= 11 is 1.46. The Bertz CT molecular complexity index is 3280. The van der Waals surface area contributed by atoms with Crippen molar-refractivity contribution in [3.8, 4) is 5.75 Å². The van der Waals surface area contributed by atoms with Crippen molar-refractivity contribution in [3.63, 3.8) is 0 Å². The average molecular weight is 1170 g/mol. The first-order valence-electron chi connectivity index (χ1n) is 30.1. The van der Waals surface area contributed by atoms with E-state index in [2.05, 4.69) is 46.4 Å². The van der Waals surface area contributed by atoms with Crippen LogP contribution in [0.4, 0.5) is 5.13 Å². The van der Waals surface area contributed by atoms with Crippen LogP contribution in [0.5, 0.6) is 5.75 Å². The maximum Gasteiger partial charge on any atom is 0.299 e. The Labute approximate surface area is 496 Å². The van der Waals surface area contributed by atoms with E-state index >= 15 is 0 Å². The van der Waals surface area contributed by atoms with Crippen LogP contribution in [0.15, 0.2) is 111 Å². The van der Waals surface area contributed by atoms with Crippen molar-refractivity contribution in [2.45, 2.75) is 149 Å². The van der Waals surface area contributed by atoms with Crippen molar-refractivity contribution in [1.82, 2.24) is 30.3 Å². The fourth-order valence-electron chi connectivity index (χ4n) is 14.8. The number of rotatable bonds is 23. The van der Waals surface area contributed by atoms with Gasteiger partial charge in [-0.2, -0.15) is 0 Å². The number of aliphatic hydroxyl groups excluding tert-OH is 1. The number of carbonyl (C=O) groups is 4. The number of thiazole rings is 1. The first-order chi connectivity index (χ1) is 40.3. The van der Waals surface area contributed by atoms with Gasteiger partial charge in [-0.05, 0) is 168 Å². The van der Waals surface area contributed by atoms with Gasteiger partial charge in [0.25, 0.3) is 17.8 Å². The number of amides is 4. The molecule has 9 N–H and O–H groups in total. The summed E-state index contributed by atoms with van der Waals surface area (Å²) in [7, 11) is 2.19. The number of nitrogens with zero attached hydrogens (tertiary/aromatic N) is 6. The van der Waals surface area contributed by atoms with Gasteiger partial charge >= 0.3 is 0 Å². The van der Waals surface area contributed by atoms with Gasteiger partial charge in [0.15, 0.2) is 0 Å². The van der Waals surface area contributed by atoms with Gasteiger partial charge in [-0.25, -0.2) is 9.98 Å². The number of benzene rings is 2. The number of allylic oxidation sites excluding steroid dienone is 3. The normalized spacial score (nSPS) is 27.1. The number of fused-ring (bicyclic) bond motifs is 4. The highest BCUT2D eigenvalue weighted by atomic mass is 32.1. The predicted octanol–water partition coefficient (Wildman–Crippen LogP) is 10.2. The van der Waals surface area contributed by atoms with E-state index in [-0.39, 0.29) is 57.9 Å². The van der Waals surface area contributed by atoms with E-state index < -0.39 is 35.6 Å². The number of nitrogens with one attached hydrogen (secondary N) is 3. The van der Waals surface area contributed by atoms with Crippen molar-refractivity contribution >= 4 is 67.7 Å². The molecule has 1 aromatic heterocycles. The number of imide groups is 2. The van der Waals surface area contributed by atoms with E-state index in [1.807, 2.05) is 55.2 Å². The third kappa shape index (κ3) is 12.9. The Morgan fingerprint density at radius 3 is 2.44 bits per heavy atom. The van der Waals surface area contributed by atoms with Crippen LogP contribution in [0.2, 0.25) is 0 Å². The zero-order chi connectivity index (χ0) is 59.5. The molecule has 3 bridgehead atoms. The summed E-state index contributed by atoms with van der Waals surface area (Å²) in [5, 5.41) is 36.8. The molecule has 5 heterocycles. The first-order valence-corrected chi connectivity index (χ1v) is 30.9. The van der Waals surface area contributed by atoms with E-state index in [0.29, 0.717) is 71.3 Å². The fourth-order valence-corrected chi connectivity index (χ4v) is 15.6. The largest absolute Gasteiger partial charge is 0.494 e. The molecule has 3 saturated carbocycles. The lowest BCUT2D eigenvalue weighted by Gasteiger charge is -2.45. The van der Waals surface area contributed by atoms with Crippen LogP contribution < -0.4 is 26.8 Å². The molecule has 3 aromatic rings. The highest BCUT2D eigenvalue weighted by molar-refractivity contribution is 7.22. The van der Waals surface area contributed by atoms with E-state index in [9.17, 15) is 34.8 Å². The number of amidine groups is 2. The minimum Gasteiger partial charge on any atom is -0.494 e. The number of hydrogen-bond donors (Lipinski definition) is 7. The van der Waals surface area contributed by atoms with Crippen molar-refractivity contribution in [2.24, 2.45) is 43.6 Å². The molecule has 20 heteroatoms. The van der Waals surface area contributed by atoms with Crippen molar-refractivity contribution in [2.75, 3.05) is 46.4 Å². The Balaban J connectivity index is 0.646. The third-order valence-corrected chi connectivity index (χ3v) is 19.7. The molecule has 6 unspecified atom stereocenters. The van der Waals surface area contributed by atoms with E-state index in [4.69, 9.17) is 25.9 Å². The lowest BCUT2D eigenvalue weighted by atomic mass is 9.62. The Morgan fingerprint density at radius 1 is 0.917 bits per heavy atom. The molecule has 2 aromatic carbocycles. The summed E-state index contributed by atoms with van der Waals surface area (Å²) in [6, 6.07) is 11.7. The first kappa shape index (κ1) is 60.0. The molecule has 2 saturated heterocycles. The van der Waals surface area contributed by atoms with Gasteiger partial charge in [-0.1, -0.05) is 69.4 Å². The van der Waals surface area contributed by atoms with Gasteiger partial charge in [-0.3, -0.25) is 39.8 Å². The van der Waals surface area contributed by atoms with Crippen molar-refractivity contribution in [1.29, 1.82) is 5.41 Å². The minimum atomic E-state index is -0.991. The number of aromatic nitrogens is 1. The lowest BCUT2D eigenvalue weighted by molar-refractivity contribution is -0.136. The number of aliphatic hydroxyl groups is 2. The van der Waals surface area contributed by atoms with Gasteiger partial charge in [0.05, 0.1) is 40.7 Å². The monoisotopic (exact) mass is 1170 g/mol. The van der Waals surface area contributed by atoms with Gasteiger partial charge < -0.3 is 46.3 Å². The summed E-state index contributed by atoms with van der Waals surface area (Å²) in [6.45, 7) is 13.2. The highest BCUT2D eigenvalue weighted by Crippen LogP contribution is 2.69. The number of carbonyl (C=O) groups excluding carboxylic acids is 4. The zero-order valence-electron chi connectivity index (χ0n) is 49.4. The van der Waals surface area contributed by atoms with Crippen LogP contribution in [-0.4, -0.2) is 129 Å². The molecule has 0 radical (unpaired) electrons. The molecule has 448 valence electrons. The molecule has 0 spiro atoms. The number of dihydropyridines is 1. The van der Waals surface area contributed by atoms with Crippen LogP contribution in [0.1, 0.15) is 158 Å². The van der Waals surface area contributed by atoms with Gasteiger partial charge in [0.2, 0.25) is 16.9 Å². The maximum absolute atomic E-state index is 13.2. The zero-order valence-corrected chi connectivity index (χ0v) is 50.2. The SMILES string of the molecule is CC(=NCC12CC3CC(C)(CC(OCCN(C)CCCCCCCCCOc4ccc5c(c4)C(=O)N(C4CCC(=O)NC4=O)C5=O)CC3(C)C1)C2)/C(=C\N)C1=CC=C(N2CCC/C(=C(C)/C(N)=N\c3nc4ccccc4s3)C2=N)NC1=C(O)O. The number of ether oxygens (including phenoxy) is 2. The predicted molar refractivity (Wildman–Crippen MR) is 327 cm³/mol. The number of likely N-dealkylation sites (N-methyl/N-ethyl adjacent to an activating group) is 1. The fraction of sp³-hybridized carbons (Fsp3) is 0.531. The molecule has 84 heavy (non-hydrogen) atoms. The number of hydrogen-bond acceptors (Lipinski definition) is 16. The standard InChI is InChI=1S/C64H83N11O8S/c1-39(55(66)72-61-69-49-17-11-12-18-51(49)84-61)44-16-15-26-74(56(44)67)52-23-21-45(54(70-52)60(80)81)48(35-65)40(2)68-38-64-32-41-31-62(3,36-64)33-43(34-63(41,4)37-64)83-29-27-73(5)25-13-9-7-6-8-10-14-28-82-42-19-20-46-47(30-42)59(79)75(58(46)78)50-22-24-53(76)71-57(50)77/h11-12,17-21,23,30,35,41,43,50,67,70,80-81H,6-10,13-16,22,24-29,31-34,36-38,65H2,1-5H3,(H2,66,69,72)(H,71,76,77)/b44-39-,48-35+,67-56?,68-40?. The Kier molecular flexibility index (Phi) is 18.0. The average Bonchev–Trinajstić information content (AvgIpc) is 1.65. The Hall–Kier alpha value is -7.16. The van der Waals surface area contributed by atoms with Crippen LogP contribution >= 0.6 is 11.3 Å². The molecule has 6 atom stereocenters. The molecular weight excluding hydrogens is 1080 g/mol. The van der Waals surface area contributed by atoms with Crippen LogP contribution in [-0.2, 0) is 14.3 Å². The minimum absolute atomic E-state index is 0.0580. The number of aliphatic imine (C=N–C) groups is 2. The van der Waals surface area contributed by atoms with Gasteiger partial charge in [0, 0.05) is 54.7 Å². The quantitative estimate of drug-likeness (QED) is 0.0153. The van der Waals surface area contributed by atoms with E-state index in [1.165, 1.54) is 36.8 Å². The number of nitrogens with two attached hydrogens (primary N) is 2. The van der Waals surface area contributed by atoms with Gasteiger partial charge in [-0.15, -0.1) is 0 Å². The summed E-state index contributed by atoms with van der Waals surface area (Å²) < 4.78 is 13.8. The molecule has 4 aliphatic heterocycles. The molecular formula is C64H83N11O8S.